The summed E-state index contributed by atoms with van der Waals surface area (Å²) in [6.45, 7) is 0.0432. The average molecular weight is 308 g/mol. The highest BCUT2D eigenvalue weighted by Gasteiger charge is 2.17. The summed E-state index contributed by atoms with van der Waals surface area (Å²) < 4.78 is 5.21. The number of aliphatic hydroxyl groups excluding tert-OH is 1. The van der Waals surface area contributed by atoms with Gasteiger partial charge in [-0.1, -0.05) is 0 Å². The van der Waals surface area contributed by atoms with Crippen LogP contribution in [0, 0.1) is 0 Å². The van der Waals surface area contributed by atoms with Gasteiger partial charge in [-0.05, 0) is 30.3 Å². The first kappa shape index (κ1) is 13.8. The van der Waals surface area contributed by atoms with Crippen molar-refractivity contribution in [3.8, 4) is 17.0 Å². The number of rotatable bonds is 4. The maximum absolute atomic E-state index is 9.37. The largest absolute Gasteiger partial charge is 0.497 e. The number of aromatic nitrogens is 4. The minimum absolute atomic E-state index is 0.0432. The number of hydrogen-bond acceptors (Lipinski definition) is 4. The molecule has 3 aromatic heterocycles. The number of aliphatic hydroxyl groups is 1. The van der Waals surface area contributed by atoms with E-state index in [-0.39, 0.29) is 6.61 Å². The molecule has 0 aliphatic heterocycles. The highest BCUT2D eigenvalue weighted by Crippen LogP contribution is 2.33. The Hall–Kier alpha value is -2.86. The zero-order chi connectivity index (χ0) is 15.8. The van der Waals surface area contributed by atoms with Crippen molar-refractivity contribution in [1.29, 1.82) is 0 Å². The molecule has 0 radical (unpaired) electrons. The van der Waals surface area contributed by atoms with Gasteiger partial charge < -0.3 is 14.8 Å². The first-order chi connectivity index (χ1) is 11.3. The van der Waals surface area contributed by atoms with E-state index in [4.69, 9.17) is 4.74 Å². The van der Waals surface area contributed by atoms with Crippen LogP contribution in [0.1, 0.15) is 5.69 Å². The van der Waals surface area contributed by atoms with Gasteiger partial charge in [0.15, 0.2) is 0 Å². The van der Waals surface area contributed by atoms with E-state index >= 15 is 0 Å². The quantitative estimate of drug-likeness (QED) is 0.541. The number of nitrogens with zero attached hydrogens (tertiary/aromatic N) is 2. The molecule has 0 saturated carbocycles. The van der Waals surface area contributed by atoms with Gasteiger partial charge in [-0.2, -0.15) is 5.10 Å². The molecule has 0 unspecified atom stereocenters. The highest BCUT2D eigenvalue weighted by atomic mass is 16.5. The van der Waals surface area contributed by atoms with E-state index in [9.17, 15) is 5.11 Å². The molecule has 4 rings (SSSR count). The van der Waals surface area contributed by atoms with Crippen molar-refractivity contribution in [3.63, 3.8) is 0 Å². The van der Waals surface area contributed by atoms with Crippen LogP contribution < -0.4 is 4.74 Å². The number of pyridine rings is 1. The molecule has 23 heavy (non-hydrogen) atoms. The van der Waals surface area contributed by atoms with Gasteiger partial charge in [0, 0.05) is 30.2 Å². The van der Waals surface area contributed by atoms with Crippen molar-refractivity contribution < 1.29 is 9.84 Å². The number of H-pyrrole nitrogens is 2. The van der Waals surface area contributed by atoms with Gasteiger partial charge in [0.25, 0.3) is 0 Å². The maximum atomic E-state index is 9.37. The lowest BCUT2D eigenvalue weighted by Gasteiger charge is -2.05. The van der Waals surface area contributed by atoms with Crippen molar-refractivity contribution in [1.82, 2.24) is 20.2 Å². The highest BCUT2D eigenvalue weighted by molar-refractivity contribution is 6.08. The summed E-state index contributed by atoms with van der Waals surface area (Å²) in [5.41, 5.74) is 4.38. The predicted octanol–water partition coefficient (Wildman–Crippen LogP) is 2.65. The van der Waals surface area contributed by atoms with Crippen molar-refractivity contribution in [2.45, 2.75) is 6.42 Å². The minimum atomic E-state index is 0.0432. The molecule has 116 valence electrons. The first-order valence-electron chi connectivity index (χ1n) is 7.41. The van der Waals surface area contributed by atoms with Gasteiger partial charge in [-0.3, -0.25) is 5.10 Å². The van der Waals surface area contributed by atoms with E-state index in [1.807, 2.05) is 36.5 Å². The van der Waals surface area contributed by atoms with Gasteiger partial charge in [-0.15, -0.1) is 0 Å². The second-order valence-corrected chi connectivity index (χ2v) is 5.32. The Morgan fingerprint density at radius 1 is 1.17 bits per heavy atom. The standard InChI is InChI=1S/C17H16N4O2/c1-23-11-4-2-10(3-5-11)15-14-13(7-9-22)19-17-12(6-8-18-17)16(14)21-20-15/h2-6,8,22H,7,9H2,1H3,(H,18,19)(H,20,21). The predicted molar refractivity (Wildman–Crippen MR) is 88.5 cm³/mol. The Kier molecular flexibility index (Phi) is 3.24. The van der Waals surface area contributed by atoms with Crippen molar-refractivity contribution in [2.75, 3.05) is 13.7 Å². The van der Waals surface area contributed by atoms with E-state index in [1.165, 1.54) is 0 Å². The van der Waals surface area contributed by atoms with Crippen LogP contribution in [0.25, 0.3) is 33.2 Å². The molecular formula is C17H16N4O2. The van der Waals surface area contributed by atoms with Crippen LogP contribution in [-0.4, -0.2) is 39.0 Å². The minimum Gasteiger partial charge on any atom is -0.497 e. The average Bonchev–Trinajstić information content (AvgIpc) is 3.21. The second kappa shape index (κ2) is 5.40. The van der Waals surface area contributed by atoms with E-state index in [2.05, 4.69) is 20.2 Å². The van der Waals surface area contributed by atoms with E-state index in [0.29, 0.717) is 6.42 Å². The molecule has 3 N–H and O–H groups in total. The van der Waals surface area contributed by atoms with Gasteiger partial charge in [0.05, 0.1) is 23.7 Å². The van der Waals surface area contributed by atoms with Crippen LogP contribution in [-0.2, 0) is 6.42 Å². The Bertz CT molecular complexity index is 970. The maximum Gasteiger partial charge on any atom is 0.139 e. The normalized spacial score (nSPS) is 11.4. The van der Waals surface area contributed by atoms with Crippen molar-refractivity contribution >= 4 is 21.9 Å². The van der Waals surface area contributed by atoms with Gasteiger partial charge >= 0.3 is 0 Å². The molecule has 0 aliphatic rings. The van der Waals surface area contributed by atoms with Crippen molar-refractivity contribution in [2.24, 2.45) is 0 Å². The molecule has 1 aromatic carbocycles. The third-order valence-corrected chi connectivity index (χ3v) is 4.01. The Labute approximate surface area is 132 Å². The molecule has 0 saturated heterocycles. The SMILES string of the molecule is COc1ccc(-c2n[nH]c3c2c(CCO)nc2[nH]ccc23)cc1. The smallest absolute Gasteiger partial charge is 0.139 e. The summed E-state index contributed by atoms with van der Waals surface area (Å²) in [6, 6.07) is 9.73. The molecule has 0 spiro atoms. The van der Waals surface area contributed by atoms with Crippen LogP contribution in [0.4, 0.5) is 0 Å². The number of nitrogens with one attached hydrogen (secondary N) is 2. The fraction of sp³-hybridized carbons (Fsp3) is 0.176. The second-order valence-electron chi connectivity index (χ2n) is 5.32. The van der Waals surface area contributed by atoms with Crippen molar-refractivity contribution in [3.05, 3.63) is 42.2 Å². The number of aromatic amines is 2. The van der Waals surface area contributed by atoms with E-state index in [1.54, 1.807) is 7.11 Å². The van der Waals surface area contributed by atoms with Crippen LogP contribution in [0.2, 0.25) is 0 Å². The van der Waals surface area contributed by atoms with Gasteiger partial charge in [-0.25, -0.2) is 4.98 Å². The number of ether oxygens (including phenoxy) is 1. The molecule has 0 bridgehead atoms. The molecule has 0 atom stereocenters. The van der Waals surface area contributed by atoms with Gasteiger partial charge in [0.2, 0.25) is 0 Å². The van der Waals surface area contributed by atoms with Gasteiger partial charge in [0.1, 0.15) is 17.1 Å². The summed E-state index contributed by atoms with van der Waals surface area (Å²) in [4.78, 5) is 7.76. The molecular weight excluding hydrogens is 292 g/mol. The third kappa shape index (κ3) is 2.15. The Morgan fingerprint density at radius 3 is 2.74 bits per heavy atom. The van der Waals surface area contributed by atoms with E-state index < -0.39 is 0 Å². The summed E-state index contributed by atoms with van der Waals surface area (Å²) in [6.07, 6.45) is 2.34. The van der Waals surface area contributed by atoms with Crippen LogP contribution in [0.15, 0.2) is 36.5 Å². The fourth-order valence-electron chi connectivity index (χ4n) is 2.91. The molecule has 0 amide bonds. The Balaban J connectivity index is 1.99. The zero-order valence-corrected chi connectivity index (χ0v) is 12.6. The number of fused-ring (bicyclic) bond motifs is 3. The summed E-state index contributed by atoms with van der Waals surface area (Å²) >= 11 is 0. The summed E-state index contributed by atoms with van der Waals surface area (Å²) in [5, 5.41) is 18.9. The molecule has 0 fully saturated rings. The molecule has 6 heteroatoms. The zero-order valence-electron chi connectivity index (χ0n) is 12.6. The lowest BCUT2D eigenvalue weighted by molar-refractivity contribution is 0.299. The first-order valence-corrected chi connectivity index (χ1v) is 7.41. The molecule has 4 aromatic rings. The molecule has 6 nitrogen and oxygen atoms in total. The molecule has 0 aliphatic carbocycles. The fourth-order valence-corrected chi connectivity index (χ4v) is 2.91. The Morgan fingerprint density at radius 2 is 2.00 bits per heavy atom. The monoisotopic (exact) mass is 308 g/mol. The third-order valence-electron chi connectivity index (χ3n) is 4.01. The molecule has 3 heterocycles. The lowest BCUT2D eigenvalue weighted by Crippen LogP contribution is -1.97. The van der Waals surface area contributed by atoms with Crippen LogP contribution in [0.3, 0.4) is 0 Å². The number of hydrogen-bond donors (Lipinski definition) is 3. The lowest BCUT2D eigenvalue weighted by atomic mass is 10.0. The van der Waals surface area contributed by atoms with Crippen LogP contribution >= 0.6 is 0 Å². The number of benzene rings is 1. The van der Waals surface area contributed by atoms with E-state index in [0.717, 1.165) is 44.6 Å². The summed E-state index contributed by atoms with van der Waals surface area (Å²) in [7, 11) is 1.64. The topological polar surface area (TPSA) is 86.8 Å². The van der Waals surface area contributed by atoms with Crippen LogP contribution in [0.5, 0.6) is 5.75 Å². The summed E-state index contributed by atoms with van der Waals surface area (Å²) in [5.74, 6) is 0.801. The number of methoxy groups -OCH3 is 1.